The molecular weight excluding hydrogens is 372 g/mol. The van der Waals surface area contributed by atoms with Crippen molar-refractivity contribution < 1.29 is 13.6 Å². The highest BCUT2D eigenvalue weighted by atomic mass is 35.5. The molecule has 0 bridgehead atoms. The van der Waals surface area contributed by atoms with Crippen molar-refractivity contribution >= 4 is 28.9 Å². The highest BCUT2D eigenvalue weighted by Gasteiger charge is 2.24. The lowest BCUT2D eigenvalue weighted by atomic mass is 10.0. The van der Waals surface area contributed by atoms with Crippen LogP contribution in [0.5, 0.6) is 0 Å². The zero-order valence-corrected chi connectivity index (χ0v) is 16.1. The topological polar surface area (TPSA) is 35.6 Å². The monoisotopic (exact) mass is 393 g/mol. The van der Waals surface area contributed by atoms with Crippen molar-refractivity contribution in [3.05, 3.63) is 58.6 Å². The lowest BCUT2D eigenvalue weighted by Gasteiger charge is -2.36. The van der Waals surface area contributed by atoms with Crippen LogP contribution >= 0.6 is 11.6 Å². The van der Waals surface area contributed by atoms with E-state index >= 15 is 4.39 Å². The average molecular weight is 394 g/mol. The number of halogens is 3. The molecule has 2 aromatic rings. The van der Waals surface area contributed by atoms with Crippen LogP contribution < -0.4 is 10.2 Å². The van der Waals surface area contributed by atoms with Crippen LogP contribution in [0.15, 0.2) is 36.4 Å². The van der Waals surface area contributed by atoms with Crippen LogP contribution in [-0.4, -0.2) is 44.0 Å². The van der Waals surface area contributed by atoms with E-state index in [2.05, 4.69) is 17.3 Å². The fraction of sp³-hybridized carbons (Fsp3) is 0.350. The summed E-state index contributed by atoms with van der Waals surface area (Å²) < 4.78 is 28.2. The Morgan fingerprint density at radius 2 is 1.93 bits per heavy atom. The van der Waals surface area contributed by atoms with Crippen LogP contribution in [0.3, 0.4) is 0 Å². The standard InChI is InChI=1S/C20H22ClF2N3O/c1-25-10-8-14(9-11-25)26(2)18-5-3-4-17(19(18)23)24-20(27)15-7-6-13(22)12-16(15)21/h3-7,12,14H,8-11H2,1-2H3,(H,24,27). The van der Waals surface area contributed by atoms with Gasteiger partial charge in [-0.15, -0.1) is 0 Å². The summed E-state index contributed by atoms with van der Waals surface area (Å²) in [7, 11) is 3.95. The molecule has 27 heavy (non-hydrogen) atoms. The van der Waals surface area contributed by atoms with Gasteiger partial charge in [0.15, 0.2) is 5.82 Å². The number of nitrogens with one attached hydrogen (secondary N) is 1. The number of nitrogens with zero attached hydrogens (tertiary/aromatic N) is 2. The summed E-state index contributed by atoms with van der Waals surface area (Å²) >= 11 is 5.92. The summed E-state index contributed by atoms with van der Waals surface area (Å²) in [6, 6.07) is 8.61. The summed E-state index contributed by atoms with van der Waals surface area (Å²) in [5.74, 6) is -1.62. The molecule has 0 radical (unpaired) electrons. The van der Waals surface area contributed by atoms with E-state index < -0.39 is 17.5 Å². The van der Waals surface area contributed by atoms with Crippen molar-refractivity contribution in [1.29, 1.82) is 0 Å². The van der Waals surface area contributed by atoms with Crippen molar-refractivity contribution in [2.24, 2.45) is 0 Å². The molecule has 1 aliphatic heterocycles. The van der Waals surface area contributed by atoms with Crippen molar-refractivity contribution in [3.63, 3.8) is 0 Å². The third-order valence-electron chi connectivity index (χ3n) is 5.02. The van der Waals surface area contributed by atoms with E-state index in [1.807, 2.05) is 11.9 Å². The van der Waals surface area contributed by atoms with Gasteiger partial charge in [-0.3, -0.25) is 4.79 Å². The number of carbonyl (C=O) groups is 1. The van der Waals surface area contributed by atoms with Crippen molar-refractivity contribution in [2.75, 3.05) is 37.4 Å². The number of rotatable bonds is 4. The molecule has 1 N–H and O–H groups in total. The minimum atomic E-state index is -0.585. The smallest absolute Gasteiger partial charge is 0.257 e. The van der Waals surface area contributed by atoms with Crippen LogP contribution in [0.1, 0.15) is 23.2 Å². The Labute approximate surface area is 162 Å². The van der Waals surface area contributed by atoms with Gasteiger partial charge in [0.05, 0.1) is 22.0 Å². The molecule has 1 aliphatic rings. The fourth-order valence-electron chi connectivity index (χ4n) is 3.33. The van der Waals surface area contributed by atoms with Crippen molar-refractivity contribution in [1.82, 2.24) is 4.90 Å². The van der Waals surface area contributed by atoms with Gasteiger partial charge >= 0.3 is 0 Å². The van der Waals surface area contributed by atoms with E-state index in [-0.39, 0.29) is 22.3 Å². The summed E-state index contributed by atoms with van der Waals surface area (Å²) in [4.78, 5) is 16.6. The molecule has 4 nitrogen and oxygen atoms in total. The zero-order chi connectivity index (χ0) is 19.6. The molecule has 0 aliphatic carbocycles. The maximum absolute atomic E-state index is 15.0. The Morgan fingerprint density at radius 1 is 1.22 bits per heavy atom. The first-order valence-corrected chi connectivity index (χ1v) is 9.21. The quantitative estimate of drug-likeness (QED) is 0.836. The number of hydrogen-bond acceptors (Lipinski definition) is 3. The SMILES string of the molecule is CN1CCC(N(C)c2cccc(NC(=O)c3ccc(F)cc3Cl)c2F)CC1. The molecule has 0 aromatic heterocycles. The Balaban J connectivity index is 1.79. The molecule has 1 fully saturated rings. The number of benzene rings is 2. The van der Waals surface area contributed by atoms with Gasteiger partial charge in [-0.25, -0.2) is 8.78 Å². The lowest BCUT2D eigenvalue weighted by Crippen LogP contribution is -2.42. The molecule has 7 heteroatoms. The van der Waals surface area contributed by atoms with Gasteiger partial charge in [0, 0.05) is 13.1 Å². The summed E-state index contributed by atoms with van der Waals surface area (Å²) in [6.07, 6.45) is 1.91. The summed E-state index contributed by atoms with van der Waals surface area (Å²) in [5, 5.41) is 2.52. The van der Waals surface area contributed by atoms with E-state index in [9.17, 15) is 9.18 Å². The zero-order valence-electron chi connectivity index (χ0n) is 15.3. The predicted octanol–water partition coefficient (Wildman–Crippen LogP) is 4.40. The third-order valence-corrected chi connectivity index (χ3v) is 5.33. The Bertz CT molecular complexity index is 838. The van der Waals surface area contributed by atoms with E-state index in [0.717, 1.165) is 38.1 Å². The number of likely N-dealkylation sites (tertiary alicyclic amines) is 1. The normalized spacial score (nSPS) is 15.6. The van der Waals surface area contributed by atoms with Gasteiger partial charge in [-0.2, -0.15) is 0 Å². The molecule has 0 unspecified atom stereocenters. The third kappa shape index (κ3) is 4.39. The maximum atomic E-state index is 15.0. The van der Waals surface area contributed by atoms with Gasteiger partial charge in [0.2, 0.25) is 0 Å². The molecule has 0 atom stereocenters. The molecule has 2 aromatic carbocycles. The second-order valence-corrected chi connectivity index (χ2v) is 7.27. The van der Waals surface area contributed by atoms with Gasteiger partial charge < -0.3 is 15.1 Å². The lowest BCUT2D eigenvalue weighted by molar-refractivity contribution is 0.102. The highest BCUT2D eigenvalue weighted by Crippen LogP contribution is 2.29. The van der Waals surface area contributed by atoms with Crippen LogP contribution in [0.25, 0.3) is 0 Å². The molecule has 0 saturated carbocycles. The number of hydrogen-bond donors (Lipinski definition) is 1. The van der Waals surface area contributed by atoms with E-state index in [1.54, 1.807) is 12.1 Å². The predicted molar refractivity (Wildman–Crippen MR) is 105 cm³/mol. The molecule has 0 spiro atoms. The van der Waals surface area contributed by atoms with Crippen LogP contribution in [0, 0.1) is 11.6 Å². The number of anilines is 2. The van der Waals surface area contributed by atoms with Gasteiger partial charge in [0.1, 0.15) is 5.82 Å². The molecular formula is C20H22ClF2N3O. The van der Waals surface area contributed by atoms with E-state index in [4.69, 9.17) is 11.6 Å². The van der Waals surface area contributed by atoms with E-state index in [0.29, 0.717) is 5.69 Å². The van der Waals surface area contributed by atoms with Crippen molar-refractivity contribution in [3.8, 4) is 0 Å². The van der Waals surface area contributed by atoms with Crippen molar-refractivity contribution in [2.45, 2.75) is 18.9 Å². The van der Waals surface area contributed by atoms with Gasteiger partial charge in [-0.1, -0.05) is 17.7 Å². The Morgan fingerprint density at radius 3 is 2.59 bits per heavy atom. The minimum absolute atomic E-state index is 0.0208. The first-order valence-electron chi connectivity index (χ1n) is 8.83. The fourth-order valence-corrected chi connectivity index (χ4v) is 3.58. The average Bonchev–Trinajstić information content (AvgIpc) is 2.63. The largest absolute Gasteiger partial charge is 0.369 e. The Kier molecular flexibility index (Phi) is 5.97. The summed E-state index contributed by atoms with van der Waals surface area (Å²) in [6.45, 7) is 1.94. The number of amides is 1. The van der Waals surface area contributed by atoms with Gasteiger partial charge in [0.25, 0.3) is 5.91 Å². The maximum Gasteiger partial charge on any atom is 0.257 e. The minimum Gasteiger partial charge on any atom is -0.369 e. The molecule has 1 heterocycles. The van der Waals surface area contributed by atoms with Crippen LogP contribution in [0.2, 0.25) is 5.02 Å². The molecule has 1 amide bonds. The number of carbonyl (C=O) groups excluding carboxylic acids is 1. The van der Waals surface area contributed by atoms with E-state index in [1.165, 1.54) is 12.1 Å². The summed E-state index contributed by atoms with van der Waals surface area (Å²) in [5.41, 5.74) is 0.594. The first-order chi connectivity index (χ1) is 12.9. The highest BCUT2D eigenvalue weighted by molar-refractivity contribution is 6.34. The molecule has 1 saturated heterocycles. The molecule has 144 valence electrons. The van der Waals surface area contributed by atoms with Crippen LogP contribution in [0.4, 0.5) is 20.2 Å². The number of piperidine rings is 1. The second-order valence-electron chi connectivity index (χ2n) is 6.86. The Hall–Kier alpha value is -2.18. The second kappa shape index (κ2) is 8.23. The molecule has 3 rings (SSSR count). The van der Waals surface area contributed by atoms with Gasteiger partial charge in [-0.05, 0) is 63.3 Å². The van der Waals surface area contributed by atoms with Crippen LogP contribution in [-0.2, 0) is 0 Å². The first kappa shape index (κ1) is 19.6.